The zero-order chi connectivity index (χ0) is 19.4. The number of anilines is 1. The van der Waals surface area contributed by atoms with Gasteiger partial charge in [-0.2, -0.15) is 0 Å². The molecule has 3 aromatic rings. The first-order valence-corrected chi connectivity index (χ1v) is 9.82. The van der Waals surface area contributed by atoms with Crippen LogP contribution < -0.4 is 9.04 Å². The second kappa shape index (κ2) is 7.80. The van der Waals surface area contributed by atoms with Crippen LogP contribution in [0, 0.1) is 12.7 Å². The predicted molar refractivity (Wildman–Crippen MR) is 104 cm³/mol. The molecule has 0 radical (unpaired) electrons. The molecule has 6 heteroatoms. The topological polar surface area (TPSA) is 46.6 Å². The van der Waals surface area contributed by atoms with Gasteiger partial charge in [-0.25, -0.2) is 12.8 Å². The Hall–Kier alpha value is -2.86. The van der Waals surface area contributed by atoms with E-state index in [1.165, 1.54) is 23.5 Å². The van der Waals surface area contributed by atoms with Gasteiger partial charge in [0.05, 0.1) is 24.2 Å². The van der Waals surface area contributed by atoms with Gasteiger partial charge in [-0.3, -0.25) is 4.31 Å². The highest BCUT2D eigenvalue weighted by atomic mass is 32.2. The molecule has 3 aromatic carbocycles. The SMILES string of the molecule is COc1cccc(N(Cc2cccc(F)c2)S(=O)(=O)c2cccc(C)c2)c1. The Balaban J connectivity index is 2.11. The van der Waals surface area contributed by atoms with Crippen molar-refractivity contribution >= 4 is 15.7 Å². The van der Waals surface area contributed by atoms with Crippen LogP contribution in [0.15, 0.2) is 77.7 Å². The van der Waals surface area contributed by atoms with Crippen LogP contribution in [0.2, 0.25) is 0 Å². The molecular weight excluding hydrogens is 365 g/mol. The molecule has 3 rings (SSSR count). The van der Waals surface area contributed by atoms with Gasteiger partial charge in [-0.1, -0.05) is 30.3 Å². The standard InChI is InChI=1S/C21H20FNO3S/c1-16-6-3-11-21(12-16)27(24,25)23(15-17-7-4-8-18(22)13-17)19-9-5-10-20(14-19)26-2/h3-14H,15H2,1-2H3. The fraction of sp³-hybridized carbons (Fsp3) is 0.143. The summed E-state index contributed by atoms with van der Waals surface area (Å²) in [7, 11) is -2.34. The van der Waals surface area contributed by atoms with Gasteiger partial charge in [0.15, 0.2) is 0 Å². The van der Waals surface area contributed by atoms with Crippen molar-refractivity contribution in [2.24, 2.45) is 0 Å². The highest BCUT2D eigenvalue weighted by Crippen LogP contribution is 2.29. The minimum absolute atomic E-state index is 0.00119. The third kappa shape index (κ3) is 4.28. The van der Waals surface area contributed by atoms with Gasteiger partial charge in [0.2, 0.25) is 0 Å². The first kappa shape index (κ1) is 18.9. The number of nitrogens with zero attached hydrogens (tertiary/aromatic N) is 1. The second-order valence-corrected chi connectivity index (χ2v) is 8.02. The van der Waals surface area contributed by atoms with Crippen LogP contribution in [0.4, 0.5) is 10.1 Å². The summed E-state index contributed by atoms with van der Waals surface area (Å²) in [6.45, 7) is 1.84. The number of aryl methyl sites for hydroxylation is 1. The highest BCUT2D eigenvalue weighted by Gasteiger charge is 2.26. The average molecular weight is 385 g/mol. The quantitative estimate of drug-likeness (QED) is 0.626. The fourth-order valence-electron chi connectivity index (χ4n) is 2.78. The maximum Gasteiger partial charge on any atom is 0.264 e. The van der Waals surface area contributed by atoms with E-state index in [2.05, 4.69) is 0 Å². The molecule has 0 heterocycles. The Morgan fingerprint density at radius 1 is 0.963 bits per heavy atom. The normalized spacial score (nSPS) is 11.2. The van der Waals surface area contributed by atoms with Crippen molar-refractivity contribution in [2.75, 3.05) is 11.4 Å². The minimum Gasteiger partial charge on any atom is -0.497 e. The van der Waals surface area contributed by atoms with E-state index in [4.69, 9.17) is 4.74 Å². The Labute approximate surface area is 158 Å². The lowest BCUT2D eigenvalue weighted by atomic mass is 10.2. The van der Waals surface area contributed by atoms with E-state index < -0.39 is 15.8 Å². The number of ether oxygens (including phenoxy) is 1. The molecule has 0 unspecified atom stereocenters. The van der Waals surface area contributed by atoms with Crippen LogP contribution >= 0.6 is 0 Å². The van der Waals surface area contributed by atoms with Gasteiger partial charge in [-0.05, 0) is 54.4 Å². The summed E-state index contributed by atoms with van der Waals surface area (Å²) >= 11 is 0. The molecule has 0 saturated carbocycles. The first-order chi connectivity index (χ1) is 12.9. The molecule has 0 spiro atoms. The summed E-state index contributed by atoms with van der Waals surface area (Å²) in [5, 5.41) is 0. The molecule has 27 heavy (non-hydrogen) atoms. The molecule has 0 amide bonds. The van der Waals surface area contributed by atoms with Crippen molar-refractivity contribution in [2.45, 2.75) is 18.4 Å². The van der Waals surface area contributed by atoms with Crippen molar-refractivity contribution in [3.05, 3.63) is 89.7 Å². The number of hydrogen-bond acceptors (Lipinski definition) is 3. The molecule has 0 aromatic heterocycles. The zero-order valence-corrected chi connectivity index (χ0v) is 15.9. The maximum atomic E-state index is 13.6. The predicted octanol–water partition coefficient (Wildman–Crippen LogP) is 4.54. The number of rotatable bonds is 6. The van der Waals surface area contributed by atoms with Crippen LogP contribution in [-0.4, -0.2) is 15.5 Å². The molecule has 0 fully saturated rings. The van der Waals surface area contributed by atoms with E-state index in [9.17, 15) is 12.8 Å². The van der Waals surface area contributed by atoms with E-state index >= 15 is 0 Å². The Kier molecular flexibility index (Phi) is 5.46. The number of benzene rings is 3. The lowest BCUT2D eigenvalue weighted by Crippen LogP contribution is -2.30. The minimum atomic E-state index is -3.86. The Bertz CT molecular complexity index is 1050. The molecule has 0 aliphatic heterocycles. The lowest BCUT2D eigenvalue weighted by Gasteiger charge is -2.25. The number of hydrogen-bond donors (Lipinski definition) is 0. The Morgan fingerprint density at radius 3 is 2.41 bits per heavy atom. The summed E-state index contributed by atoms with van der Waals surface area (Å²) in [5.41, 5.74) is 1.83. The Morgan fingerprint density at radius 2 is 1.70 bits per heavy atom. The van der Waals surface area contributed by atoms with E-state index in [0.29, 0.717) is 17.0 Å². The summed E-state index contributed by atoms with van der Waals surface area (Å²) < 4.78 is 46.8. The zero-order valence-electron chi connectivity index (χ0n) is 15.1. The van der Waals surface area contributed by atoms with E-state index in [0.717, 1.165) is 5.56 Å². The average Bonchev–Trinajstić information content (AvgIpc) is 2.66. The molecule has 0 saturated heterocycles. The smallest absolute Gasteiger partial charge is 0.264 e. The first-order valence-electron chi connectivity index (χ1n) is 8.38. The van der Waals surface area contributed by atoms with Gasteiger partial charge < -0.3 is 4.74 Å². The summed E-state index contributed by atoms with van der Waals surface area (Å²) in [6.07, 6.45) is 0. The third-order valence-corrected chi connectivity index (χ3v) is 5.90. The molecule has 140 valence electrons. The second-order valence-electron chi connectivity index (χ2n) is 6.16. The molecule has 0 atom stereocenters. The summed E-state index contributed by atoms with van der Waals surface area (Å²) in [6, 6.07) is 19.4. The number of halogens is 1. The van der Waals surface area contributed by atoms with Crippen LogP contribution in [0.3, 0.4) is 0 Å². The molecular formula is C21H20FNO3S. The van der Waals surface area contributed by atoms with Crippen molar-refractivity contribution in [1.82, 2.24) is 0 Å². The molecule has 0 aliphatic rings. The van der Waals surface area contributed by atoms with Gasteiger partial charge in [0, 0.05) is 6.07 Å². The van der Waals surface area contributed by atoms with Crippen LogP contribution in [0.1, 0.15) is 11.1 Å². The van der Waals surface area contributed by atoms with Crippen LogP contribution in [-0.2, 0) is 16.6 Å². The highest BCUT2D eigenvalue weighted by molar-refractivity contribution is 7.92. The van der Waals surface area contributed by atoms with Crippen molar-refractivity contribution in [1.29, 1.82) is 0 Å². The maximum absolute atomic E-state index is 13.6. The van der Waals surface area contributed by atoms with E-state index in [-0.39, 0.29) is 11.4 Å². The molecule has 0 aliphatic carbocycles. The molecule has 4 nitrogen and oxygen atoms in total. The number of methoxy groups -OCH3 is 1. The van der Waals surface area contributed by atoms with Gasteiger partial charge in [0.25, 0.3) is 10.0 Å². The largest absolute Gasteiger partial charge is 0.497 e. The van der Waals surface area contributed by atoms with E-state index in [1.54, 1.807) is 54.6 Å². The molecule has 0 N–H and O–H groups in total. The van der Waals surface area contributed by atoms with E-state index in [1.807, 2.05) is 13.0 Å². The number of sulfonamides is 1. The molecule has 0 bridgehead atoms. The third-order valence-electron chi connectivity index (χ3n) is 4.13. The van der Waals surface area contributed by atoms with Crippen LogP contribution in [0.25, 0.3) is 0 Å². The van der Waals surface area contributed by atoms with Gasteiger partial charge >= 0.3 is 0 Å². The lowest BCUT2D eigenvalue weighted by molar-refractivity contribution is 0.415. The summed E-state index contributed by atoms with van der Waals surface area (Å²) in [5.74, 6) is 0.127. The fourth-order valence-corrected chi connectivity index (χ4v) is 4.33. The van der Waals surface area contributed by atoms with Gasteiger partial charge in [-0.15, -0.1) is 0 Å². The van der Waals surface area contributed by atoms with Gasteiger partial charge in [0.1, 0.15) is 11.6 Å². The van der Waals surface area contributed by atoms with Crippen molar-refractivity contribution < 1.29 is 17.5 Å². The van der Waals surface area contributed by atoms with Crippen molar-refractivity contribution in [3.8, 4) is 5.75 Å². The van der Waals surface area contributed by atoms with Crippen molar-refractivity contribution in [3.63, 3.8) is 0 Å². The van der Waals surface area contributed by atoms with Crippen LogP contribution in [0.5, 0.6) is 5.75 Å². The summed E-state index contributed by atoms with van der Waals surface area (Å²) in [4.78, 5) is 0.182. The monoisotopic (exact) mass is 385 g/mol.